The monoisotopic (exact) mass is 523 g/mol. The predicted octanol–water partition coefficient (Wildman–Crippen LogP) is 8.25. The number of pyridine rings is 3. The minimum Gasteiger partial charge on any atom is -0.309 e. The van der Waals surface area contributed by atoms with Crippen LogP contribution in [-0.4, -0.2) is 23.9 Å². The molecule has 9 aromatic rings. The summed E-state index contributed by atoms with van der Waals surface area (Å²) in [5.74, 6) is 0. The van der Waals surface area contributed by atoms with Crippen LogP contribution in [-0.2, 0) is 6.42 Å². The highest BCUT2D eigenvalue weighted by Crippen LogP contribution is 2.44. The Kier molecular flexibility index (Phi) is 3.92. The summed E-state index contributed by atoms with van der Waals surface area (Å²) in [7, 11) is 0. The summed E-state index contributed by atoms with van der Waals surface area (Å²) in [6.45, 7) is 0. The topological polar surface area (TPSA) is 48.0 Å². The number of aromatic nitrogens is 5. The first kappa shape index (κ1) is 21.3. The Morgan fingerprint density at radius 2 is 1.32 bits per heavy atom. The van der Waals surface area contributed by atoms with Crippen LogP contribution in [0.15, 0.2) is 116 Å². The number of nitrogens with zero attached hydrogens (tertiary/aromatic N) is 5. The highest BCUT2D eigenvalue weighted by molar-refractivity contribution is 6.21. The normalized spacial score (nSPS) is 12.8. The van der Waals surface area contributed by atoms with Crippen LogP contribution in [0.1, 0.15) is 11.1 Å². The molecule has 5 aromatic heterocycles. The van der Waals surface area contributed by atoms with E-state index in [0.29, 0.717) is 0 Å². The number of rotatable bonds is 1. The van der Waals surface area contributed by atoms with E-state index in [1.54, 1.807) is 6.20 Å². The van der Waals surface area contributed by atoms with Gasteiger partial charge in [-0.1, -0.05) is 42.5 Å². The highest BCUT2D eigenvalue weighted by atomic mass is 15.1. The summed E-state index contributed by atoms with van der Waals surface area (Å²) in [6, 6.07) is 37.2. The Balaban J connectivity index is 1.43. The molecule has 0 unspecified atom stereocenters. The van der Waals surface area contributed by atoms with Crippen LogP contribution in [0, 0.1) is 0 Å². The second-order valence-corrected chi connectivity index (χ2v) is 10.9. The van der Waals surface area contributed by atoms with Gasteiger partial charge in [-0.3, -0.25) is 4.40 Å². The van der Waals surface area contributed by atoms with Gasteiger partial charge < -0.3 is 4.57 Å². The van der Waals surface area contributed by atoms with Gasteiger partial charge in [0, 0.05) is 39.6 Å². The summed E-state index contributed by atoms with van der Waals surface area (Å²) in [4.78, 5) is 14.5. The van der Waals surface area contributed by atoms with E-state index in [1.807, 2.05) is 18.3 Å². The molecule has 0 atom stereocenters. The van der Waals surface area contributed by atoms with Gasteiger partial charge in [-0.2, -0.15) is 0 Å². The predicted molar refractivity (Wildman–Crippen MR) is 166 cm³/mol. The molecule has 0 spiro atoms. The fourth-order valence-corrected chi connectivity index (χ4v) is 7.05. The van der Waals surface area contributed by atoms with Gasteiger partial charge in [0.25, 0.3) is 0 Å². The van der Waals surface area contributed by atoms with Gasteiger partial charge in [0.2, 0.25) is 0 Å². The van der Waals surface area contributed by atoms with Crippen molar-refractivity contribution in [2.75, 3.05) is 0 Å². The highest BCUT2D eigenvalue weighted by Gasteiger charge is 2.23. The maximum atomic E-state index is 5.04. The molecule has 10 rings (SSSR count). The van der Waals surface area contributed by atoms with Gasteiger partial charge in [-0.15, -0.1) is 0 Å². The van der Waals surface area contributed by atoms with Crippen molar-refractivity contribution in [1.29, 1.82) is 0 Å². The first-order valence-corrected chi connectivity index (χ1v) is 13.9. The average Bonchev–Trinajstić information content (AvgIpc) is 3.69. The lowest BCUT2D eigenvalue weighted by molar-refractivity contribution is 1.18. The lowest BCUT2D eigenvalue weighted by Crippen LogP contribution is -1.96. The molecule has 41 heavy (non-hydrogen) atoms. The molecule has 0 aliphatic heterocycles. The van der Waals surface area contributed by atoms with Crippen molar-refractivity contribution in [2.45, 2.75) is 6.42 Å². The van der Waals surface area contributed by atoms with Crippen LogP contribution in [0.5, 0.6) is 0 Å². The van der Waals surface area contributed by atoms with Gasteiger partial charge in [0.1, 0.15) is 11.3 Å². The number of imidazole rings is 1. The van der Waals surface area contributed by atoms with Crippen molar-refractivity contribution >= 4 is 60.4 Å². The van der Waals surface area contributed by atoms with Crippen molar-refractivity contribution in [3.63, 3.8) is 0 Å². The summed E-state index contributed by atoms with van der Waals surface area (Å²) in [5, 5.41) is 5.82. The van der Waals surface area contributed by atoms with Crippen molar-refractivity contribution in [2.24, 2.45) is 0 Å². The molecule has 5 nitrogen and oxygen atoms in total. The van der Waals surface area contributed by atoms with Crippen molar-refractivity contribution < 1.29 is 0 Å². The standard InChI is InChI=1S/C36H21N5/c1-2-9-23(10-3-1)40-32-19-26-22(16-21-8-4-5-11-24(21)26)17-28(32)29-18-30-27(20-33(29)40)25-12-6-15-38-35(25)41-31-13-7-14-37-34(31)39-36(30)41/h1-15,17-20H,16H2. The zero-order valence-electron chi connectivity index (χ0n) is 21.9. The second kappa shape index (κ2) is 7.55. The quantitative estimate of drug-likeness (QED) is 0.204. The molecule has 5 heterocycles. The lowest BCUT2D eigenvalue weighted by Gasteiger charge is -2.11. The number of fused-ring (bicyclic) bond motifs is 14. The zero-order valence-corrected chi connectivity index (χ0v) is 21.9. The SMILES string of the molecule is c1ccc(-n2c3cc4c(cc3c3cc5c(cc32)c2cccnc2n2c3cccnc3nc52)Cc2ccccc2-4)cc1. The Morgan fingerprint density at radius 1 is 0.512 bits per heavy atom. The summed E-state index contributed by atoms with van der Waals surface area (Å²) < 4.78 is 4.58. The van der Waals surface area contributed by atoms with E-state index in [4.69, 9.17) is 9.97 Å². The molecular weight excluding hydrogens is 502 g/mol. The van der Waals surface area contributed by atoms with Crippen molar-refractivity contribution in [3.8, 4) is 16.8 Å². The van der Waals surface area contributed by atoms with E-state index in [0.717, 1.165) is 50.7 Å². The molecular formula is C36H21N5. The van der Waals surface area contributed by atoms with Crippen LogP contribution in [0.3, 0.4) is 0 Å². The molecule has 1 aliphatic carbocycles. The maximum absolute atomic E-state index is 5.04. The Bertz CT molecular complexity index is 2550. The lowest BCUT2D eigenvalue weighted by atomic mass is 10.0. The van der Waals surface area contributed by atoms with Crippen LogP contribution < -0.4 is 0 Å². The number of benzene rings is 4. The molecule has 0 bridgehead atoms. The Hall–Kier alpha value is -5.55. The van der Waals surface area contributed by atoms with Crippen LogP contribution in [0.25, 0.3) is 77.2 Å². The number of para-hydroxylation sites is 1. The summed E-state index contributed by atoms with van der Waals surface area (Å²) in [6.07, 6.45) is 4.62. The number of hydrogen-bond donors (Lipinski definition) is 0. The largest absolute Gasteiger partial charge is 0.309 e. The minimum absolute atomic E-state index is 0.731. The Labute approximate surface area is 234 Å². The van der Waals surface area contributed by atoms with E-state index in [1.165, 1.54) is 44.1 Å². The molecule has 5 heteroatoms. The van der Waals surface area contributed by atoms with E-state index in [2.05, 4.69) is 105 Å². The minimum atomic E-state index is 0.731. The molecule has 0 fully saturated rings. The fraction of sp³-hybridized carbons (Fsp3) is 0.0278. The van der Waals surface area contributed by atoms with Gasteiger partial charge in [-0.05, 0) is 94.7 Å². The first-order chi connectivity index (χ1) is 20.3. The molecule has 1 aliphatic rings. The van der Waals surface area contributed by atoms with Crippen molar-refractivity contribution in [1.82, 2.24) is 23.9 Å². The smallest absolute Gasteiger partial charge is 0.178 e. The van der Waals surface area contributed by atoms with Gasteiger partial charge >= 0.3 is 0 Å². The van der Waals surface area contributed by atoms with Crippen LogP contribution in [0.2, 0.25) is 0 Å². The molecule has 190 valence electrons. The van der Waals surface area contributed by atoms with E-state index >= 15 is 0 Å². The molecule has 4 aromatic carbocycles. The Morgan fingerprint density at radius 3 is 2.27 bits per heavy atom. The maximum Gasteiger partial charge on any atom is 0.178 e. The summed E-state index contributed by atoms with van der Waals surface area (Å²) >= 11 is 0. The fourth-order valence-electron chi connectivity index (χ4n) is 7.05. The van der Waals surface area contributed by atoms with Crippen molar-refractivity contribution in [3.05, 3.63) is 127 Å². The summed E-state index contributed by atoms with van der Waals surface area (Å²) in [5.41, 5.74) is 12.5. The number of hydrogen-bond acceptors (Lipinski definition) is 3. The third-order valence-electron chi connectivity index (χ3n) is 8.79. The third-order valence-corrected chi connectivity index (χ3v) is 8.79. The molecule has 0 amide bonds. The third kappa shape index (κ3) is 2.72. The van der Waals surface area contributed by atoms with Crippen LogP contribution >= 0.6 is 0 Å². The van der Waals surface area contributed by atoms with Gasteiger partial charge in [-0.25, -0.2) is 15.0 Å². The zero-order chi connectivity index (χ0) is 26.7. The molecule has 0 saturated heterocycles. The van der Waals surface area contributed by atoms with E-state index < -0.39 is 0 Å². The molecule has 0 radical (unpaired) electrons. The molecule has 0 N–H and O–H groups in total. The van der Waals surface area contributed by atoms with E-state index in [9.17, 15) is 0 Å². The van der Waals surface area contributed by atoms with Crippen LogP contribution in [0.4, 0.5) is 0 Å². The van der Waals surface area contributed by atoms with E-state index in [-0.39, 0.29) is 0 Å². The van der Waals surface area contributed by atoms with Gasteiger partial charge in [0.15, 0.2) is 5.65 Å². The molecule has 0 saturated carbocycles. The average molecular weight is 524 g/mol. The second-order valence-electron chi connectivity index (χ2n) is 10.9. The van der Waals surface area contributed by atoms with Gasteiger partial charge in [0.05, 0.1) is 16.6 Å². The first-order valence-electron chi connectivity index (χ1n) is 13.9.